The van der Waals surface area contributed by atoms with Gasteiger partial charge < -0.3 is 62.3 Å². The molecule has 6 bridgehead atoms. The first kappa shape index (κ1) is 89.1. The highest BCUT2D eigenvalue weighted by molar-refractivity contribution is 5.87. The van der Waals surface area contributed by atoms with Crippen molar-refractivity contribution in [3.63, 3.8) is 0 Å². The molecule has 12 fully saturated rings. The normalized spacial score (nSPS) is 35.6. The maximum atomic E-state index is 13.3. The molecular weight excluding hydrogens is 1500 g/mol. The van der Waals surface area contributed by atoms with Crippen molar-refractivity contribution in [3.05, 3.63) is 0 Å². The number of carbonyl (C=O) groups excluding carboxylic acids is 8. The second-order valence-electron chi connectivity index (χ2n) is 33.8. The van der Waals surface area contributed by atoms with E-state index in [0.717, 1.165) is 25.2 Å². The highest BCUT2D eigenvalue weighted by Gasteiger charge is 2.76. The molecule has 4 heterocycles. The topological polar surface area (TPSA) is 279 Å². The van der Waals surface area contributed by atoms with Gasteiger partial charge in [-0.05, 0) is 182 Å². The van der Waals surface area contributed by atoms with E-state index in [0.29, 0.717) is 31.1 Å². The van der Waals surface area contributed by atoms with Crippen LogP contribution in [0.3, 0.4) is 0 Å². The number of halogens is 15. The van der Waals surface area contributed by atoms with Crippen LogP contribution in [0, 0.1) is 87.3 Å². The number of rotatable bonds is 18. The molecule has 1 spiro atoms. The maximum absolute atomic E-state index is 13.3. The lowest BCUT2D eigenvalue weighted by Crippen LogP contribution is -2.64. The van der Waals surface area contributed by atoms with Crippen molar-refractivity contribution in [1.29, 1.82) is 0 Å². The lowest BCUT2D eigenvalue weighted by atomic mass is 9.50. The zero-order chi connectivity index (χ0) is 82.2. The highest BCUT2D eigenvalue weighted by Crippen LogP contribution is 2.62. The third kappa shape index (κ3) is 18.4. The van der Waals surface area contributed by atoms with Gasteiger partial charge in [0.2, 0.25) is 6.10 Å². The average molecular weight is 1600 g/mol. The Morgan fingerprint density at radius 1 is 0.560 bits per heavy atom. The van der Waals surface area contributed by atoms with E-state index in [-0.39, 0.29) is 62.4 Å². The molecule has 12 aliphatic rings. The lowest BCUT2D eigenvalue weighted by molar-refractivity contribution is -0.391. The number of hydrogen-bond acceptors (Lipinski definition) is 21. The fraction of sp³-hybridized carbons (Fsp3) is 0.890. The largest absolute Gasteiger partial charge is 0.462 e. The Balaban J connectivity index is 0.000000187. The van der Waals surface area contributed by atoms with Crippen LogP contribution in [0.15, 0.2) is 0 Å². The number of alkyl halides is 15. The van der Waals surface area contributed by atoms with Crippen molar-refractivity contribution < 1.29 is 167 Å². The molecule has 17 atom stereocenters. The fourth-order valence-electron chi connectivity index (χ4n) is 16.9. The molecule has 4 aliphatic heterocycles. The molecule has 0 amide bonds. The Labute approximate surface area is 621 Å². The van der Waals surface area contributed by atoms with Crippen molar-refractivity contribution in [2.24, 2.45) is 87.3 Å². The molecule has 8 aliphatic carbocycles. The molecule has 0 aromatic rings. The van der Waals surface area contributed by atoms with Crippen LogP contribution in [0.25, 0.3) is 0 Å². The number of fused-ring (bicyclic) bond motifs is 4. The van der Waals surface area contributed by atoms with Gasteiger partial charge in [0, 0.05) is 36.5 Å². The number of aliphatic hydroxyl groups is 2. The summed E-state index contributed by atoms with van der Waals surface area (Å²) >= 11 is 0. The summed E-state index contributed by atoms with van der Waals surface area (Å²) in [5.41, 5.74) is -11.9. The van der Waals surface area contributed by atoms with Gasteiger partial charge in [-0.2, -0.15) is 65.9 Å². The Kier molecular flexibility index (Phi) is 25.9. The van der Waals surface area contributed by atoms with E-state index in [1.165, 1.54) is 46.0 Å². The van der Waals surface area contributed by atoms with Crippen LogP contribution in [-0.2, 0) is 90.5 Å². The SMILES string of the molecule is CCC(C)(C)C(=O)OC1C2CC3C1OC(=O)C3C2C(=O)OCC(F)(F)F.CCC(C)(C)C(=O)OC1CC(C(C)(O)C(F)(F)F)CC(C(O)(C(F)(F)F)C(F)(F)F)C1.CCC(C)(C)C(=O)O[C@@H]1C(=O)O[C@@H]2[C@H]3OC4(CCC(C(=O)OC(C)C(F)(F)F)CC4)O[C@H]3O[C@@H]21.CCC(C)C(=O)OC1(C)C2CC3CC(C2)CC1C3. The number of carbonyl (C=O) groups is 8. The van der Waals surface area contributed by atoms with Gasteiger partial charge >= 0.3 is 78.6 Å². The van der Waals surface area contributed by atoms with Crippen LogP contribution < -0.4 is 0 Å². The smallest absolute Gasteiger partial charge is 0.426 e. The van der Waals surface area contributed by atoms with Crippen LogP contribution in [0.4, 0.5) is 65.9 Å². The van der Waals surface area contributed by atoms with Crippen LogP contribution in [-0.4, -0.2) is 173 Å². The first-order valence-corrected chi connectivity index (χ1v) is 37.2. The lowest BCUT2D eigenvalue weighted by Gasteiger charge is -2.59. The quantitative estimate of drug-likeness (QED) is 0.0733. The van der Waals surface area contributed by atoms with Crippen LogP contribution in [0.2, 0.25) is 0 Å². The highest BCUT2D eigenvalue weighted by atomic mass is 19.4. The minimum absolute atomic E-state index is 0.0347. The standard InChI is InChI=1S/C22H29F3O9.C18H25F9O4.C17H21F3O6.C16H26O2/c1-5-20(3,4)19(28)32-14-12-13(30-17(14)27)15-18(31-12)34-21(33-15)8-6-11(7-9-21)16(26)29-10(2)22(23,24)25;1-5-13(2,3)12(28)31-11-7-9(14(4,29)16(19,20)21)6-10(8-11)15(30,17(22,23)24)18(25,26)27;1-4-16(2,3)15(23)26-12-7-5-8-10(14(22)25-11(8)12)9(7)13(21)24-6-17(18,19)20;1-4-10(2)15(17)18-16(3)13-6-11-5-12(8-13)9-14(16)7-11/h10-15,18H,5-9H2,1-4H3;9-11,29-30H,5-8H2,1-4H3;7-12H,4-6H2,1-3H3;10-14H,4-9H2,1-3H3/t10?,11?,12-,13-,14-,15+,18+,21?;;;/m0.../s1. The summed E-state index contributed by atoms with van der Waals surface area (Å²) in [5.74, 6) is -11.8. The van der Waals surface area contributed by atoms with E-state index in [9.17, 15) is 114 Å². The predicted molar refractivity (Wildman–Crippen MR) is 344 cm³/mol. The third-order valence-corrected chi connectivity index (χ3v) is 25.3. The summed E-state index contributed by atoms with van der Waals surface area (Å²) in [6.45, 7) is 20.4. The molecule has 4 saturated heterocycles. The Bertz CT molecular complexity index is 3260. The molecule has 109 heavy (non-hydrogen) atoms. The molecule has 12 unspecified atom stereocenters. The minimum Gasteiger partial charge on any atom is -0.462 e. The van der Waals surface area contributed by atoms with Gasteiger partial charge in [0.1, 0.15) is 30.0 Å². The van der Waals surface area contributed by atoms with E-state index >= 15 is 0 Å². The number of esters is 8. The molecule has 12 rings (SSSR count). The van der Waals surface area contributed by atoms with Gasteiger partial charge in [-0.15, -0.1) is 0 Å². The van der Waals surface area contributed by atoms with Crippen molar-refractivity contribution in [1.82, 2.24) is 0 Å². The van der Waals surface area contributed by atoms with E-state index < -0.39 is 222 Å². The van der Waals surface area contributed by atoms with Gasteiger partial charge in [-0.25, -0.2) is 4.79 Å². The summed E-state index contributed by atoms with van der Waals surface area (Å²) < 4.78 is 254. The van der Waals surface area contributed by atoms with E-state index in [1.54, 1.807) is 34.6 Å². The summed E-state index contributed by atoms with van der Waals surface area (Å²) in [5, 5.41) is 19.6. The molecule has 2 N–H and O–H groups in total. The van der Waals surface area contributed by atoms with Crippen molar-refractivity contribution in [3.8, 4) is 0 Å². The first-order valence-electron chi connectivity index (χ1n) is 37.2. The second-order valence-corrected chi connectivity index (χ2v) is 33.8. The van der Waals surface area contributed by atoms with Crippen LogP contribution in [0.5, 0.6) is 0 Å². The number of ether oxygens (including phenoxy) is 11. The van der Waals surface area contributed by atoms with Gasteiger partial charge in [0.05, 0.1) is 39.9 Å². The average Bonchev–Trinajstić information content (AvgIpc) is 1.61. The second kappa shape index (κ2) is 31.7. The van der Waals surface area contributed by atoms with Gasteiger partial charge in [0.25, 0.3) is 5.60 Å². The Morgan fingerprint density at radius 3 is 1.53 bits per heavy atom. The zero-order valence-electron chi connectivity index (χ0n) is 63.2. The van der Waals surface area contributed by atoms with Gasteiger partial charge in [0.15, 0.2) is 42.6 Å². The summed E-state index contributed by atoms with van der Waals surface area (Å²) in [7, 11) is 0. The predicted octanol–water partition coefficient (Wildman–Crippen LogP) is 13.7. The van der Waals surface area contributed by atoms with Crippen molar-refractivity contribution in [2.45, 2.75) is 315 Å². The molecule has 0 radical (unpaired) electrons. The van der Waals surface area contributed by atoms with Crippen LogP contribution in [0.1, 0.15) is 206 Å². The summed E-state index contributed by atoms with van der Waals surface area (Å²) in [4.78, 5) is 98.1. The minimum atomic E-state index is -6.28. The molecule has 8 saturated carbocycles. The van der Waals surface area contributed by atoms with Crippen molar-refractivity contribution in [2.75, 3.05) is 6.61 Å². The molecule has 624 valence electrons. The van der Waals surface area contributed by atoms with Gasteiger partial charge in [-0.1, -0.05) is 34.6 Å². The molecule has 21 nitrogen and oxygen atoms in total. The Morgan fingerprint density at radius 2 is 1.06 bits per heavy atom. The van der Waals surface area contributed by atoms with E-state index in [4.69, 9.17) is 42.6 Å². The zero-order valence-corrected chi connectivity index (χ0v) is 63.2. The summed E-state index contributed by atoms with van der Waals surface area (Å²) in [6, 6.07) is 0. The monoisotopic (exact) mass is 1600 g/mol. The fourth-order valence-corrected chi connectivity index (χ4v) is 16.9. The van der Waals surface area contributed by atoms with Crippen LogP contribution >= 0.6 is 0 Å². The van der Waals surface area contributed by atoms with E-state index in [1.807, 2.05) is 20.8 Å². The maximum Gasteiger partial charge on any atom is 0.426 e. The molecule has 36 heteroatoms. The van der Waals surface area contributed by atoms with Gasteiger partial charge in [-0.3, -0.25) is 33.6 Å². The Hall–Kier alpha value is -5.49. The van der Waals surface area contributed by atoms with Crippen molar-refractivity contribution >= 4 is 47.8 Å². The molecule has 0 aromatic carbocycles. The van der Waals surface area contributed by atoms with E-state index in [2.05, 4.69) is 23.3 Å². The first-order chi connectivity index (χ1) is 49.8. The molecule has 0 aromatic heterocycles. The molecular formula is C73H101F15O21. The third-order valence-electron chi connectivity index (χ3n) is 25.3. The number of hydrogen-bond donors (Lipinski definition) is 2. The summed E-state index contributed by atoms with van der Waals surface area (Å²) in [6.07, 6.45) is -30.6.